The normalized spacial score (nSPS) is 16.6. The summed E-state index contributed by atoms with van der Waals surface area (Å²) >= 11 is 0. The van der Waals surface area contributed by atoms with E-state index < -0.39 is 15.9 Å². The summed E-state index contributed by atoms with van der Waals surface area (Å²) in [5.41, 5.74) is 3.13. The standard InChI is InChI=1S/C27H31N3O4S/c1-21-7-3-4-9-23(21)19-29(18-22-8-5-15-28-17-22)27(31)24-10-6-16-30(20-24)35(32,33)26-13-11-25(34-2)12-14-26/h3-5,7-9,11-15,17,24H,6,10,16,18-20H2,1-2H3. The van der Waals surface area contributed by atoms with Crippen molar-refractivity contribution in [1.82, 2.24) is 14.2 Å². The van der Waals surface area contributed by atoms with Crippen LogP contribution < -0.4 is 4.74 Å². The molecule has 7 nitrogen and oxygen atoms in total. The smallest absolute Gasteiger partial charge is 0.243 e. The number of aryl methyl sites for hydroxylation is 1. The topological polar surface area (TPSA) is 79.8 Å². The molecule has 8 heteroatoms. The zero-order valence-corrected chi connectivity index (χ0v) is 20.9. The largest absolute Gasteiger partial charge is 0.497 e. The second-order valence-corrected chi connectivity index (χ2v) is 10.8. The van der Waals surface area contributed by atoms with E-state index in [-0.39, 0.29) is 17.3 Å². The van der Waals surface area contributed by atoms with Crippen molar-refractivity contribution in [3.63, 3.8) is 0 Å². The molecular weight excluding hydrogens is 462 g/mol. The molecule has 1 amide bonds. The van der Waals surface area contributed by atoms with Crippen LogP contribution in [0.1, 0.15) is 29.5 Å². The lowest BCUT2D eigenvalue weighted by Crippen LogP contribution is -2.46. The highest BCUT2D eigenvalue weighted by Gasteiger charge is 2.35. The number of carbonyl (C=O) groups is 1. The van der Waals surface area contributed by atoms with Crippen LogP contribution in [0.15, 0.2) is 78.0 Å². The third-order valence-electron chi connectivity index (χ3n) is 6.46. The van der Waals surface area contributed by atoms with Crippen LogP contribution in [0.5, 0.6) is 5.75 Å². The molecule has 1 atom stereocenters. The van der Waals surface area contributed by atoms with E-state index in [1.54, 1.807) is 43.8 Å². The van der Waals surface area contributed by atoms with Crippen molar-refractivity contribution in [1.29, 1.82) is 0 Å². The van der Waals surface area contributed by atoms with Gasteiger partial charge >= 0.3 is 0 Å². The van der Waals surface area contributed by atoms with Crippen molar-refractivity contribution >= 4 is 15.9 Å². The van der Waals surface area contributed by atoms with Crippen molar-refractivity contribution in [3.8, 4) is 5.75 Å². The first kappa shape index (κ1) is 24.9. The molecule has 2 aromatic carbocycles. The Bertz CT molecular complexity index is 1250. The number of pyridine rings is 1. The summed E-state index contributed by atoms with van der Waals surface area (Å²) < 4.78 is 33.2. The first-order valence-electron chi connectivity index (χ1n) is 11.7. The minimum Gasteiger partial charge on any atom is -0.497 e. The Morgan fingerprint density at radius 3 is 2.54 bits per heavy atom. The number of nitrogens with zero attached hydrogens (tertiary/aromatic N) is 3. The zero-order chi connectivity index (χ0) is 24.8. The number of methoxy groups -OCH3 is 1. The number of rotatable bonds is 8. The maximum Gasteiger partial charge on any atom is 0.243 e. The molecule has 0 saturated carbocycles. The lowest BCUT2D eigenvalue weighted by molar-refractivity contribution is -0.138. The van der Waals surface area contributed by atoms with E-state index in [1.165, 1.54) is 4.31 Å². The van der Waals surface area contributed by atoms with Gasteiger partial charge in [-0.15, -0.1) is 0 Å². The molecule has 0 bridgehead atoms. The molecule has 0 aliphatic carbocycles. The zero-order valence-electron chi connectivity index (χ0n) is 20.1. The highest BCUT2D eigenvalue weighted by molar-refractivity contribution is 7.89. The molecule has 1 saturated heterocycles. The summed E-state index contributed by atoms with van der Waals surface area (Å²) in [6, 6.07) is 18.2. The third kappa shape index (κ3) is 5.89. The van der Waals surface area contributed by atoms with Crippen LogP contribution in [0.25, 0.3) is 0 Å². The van der Waals surface area contributed by atoms with Crippen LogP contribution in [0.3, 0.4) is 0 Å². The van der Waals surface area contributed by atoms with Crippen molar-refractivity contribution in [3.05, 3.63) is 89.7 Å². The van der Waals surface area contributed by atoms with Gasteiger partial charge in [0.05, 0.1) is 17.9 Å². The molecule has 1 aliphatic rings. The average Bonchev–Trinajstić information content (AvgIpc) is 2.90. The third-order valence-corrected chi connectivity index (χ3v) is 8.34. The maximum atomic E-state index is 13.8. The van der Waals surface area contributed by atoms with Gasteiger partial charge in [0, 0.05) is 38.6 Å². The van der Waals surface area contributed by atoms with E-state index in [0.717, 1.165) is 16.7 Å². The predicted molar refractivity (Wildman–Crippen MR) is 134 cm³/mol. The molecule has 1 unspecified atom stereocenters. The summed E-state index contributed by atoms with van der Waals surface area (Å²) in [4.78, 5) is 20.0. The molecule has 35 heavy (non-hydrogen) atoms. The molecule has 1 aromatic heterocycles. The lowest BCUT2D eigenvalue weighted by atomic mass is 9.97. The summed E-state index contributed by atoms with van der Waals surface area (Å²) in [5, 5.41) is 0. The summed E-state index contributed by atoms with van der Waals surface area (Å²) in [7, 11) is -2.17. The molecule has 2 heterocycles. The Morgan fingerprint density at radius 1 is 1.09 bits per heavy atom. The quantitative estimate of drug-likeness (QED) is 0.473. The SMILES string of the molecule is COc1ccc(S(=O)(=O)N2CCCC(C(=O)N(Cc3cccnc3)Cc3ccccc3C)C2)cc1. The van der Waals surface area contributed by atoms with E-state index in [0.29, 0.717) is 38.2 Å². The first-order chi connectivity index (χ1) is 16.9. The van der Waals surface area contributed by atoms with E-state index in [2.05, 4.69) is 4.98 Å². The van der Waals surface area contributed by atoms with Crippen molar-refractivity contribution in [2.45, 2.75) is 37.8 Å². The molecule has 1 fully saturated rings. The van der Waals surface area contributed by atoms with Crippen molar-refractivity contribution in [2.75, 3.05) is 20.2 Å². The Balaban J connectivity index is 1.55. The monoisotopic (exact) mass is 493 g/mol. The van der Waals surface area contributed by atoms with Crippen molar-refractivity contribution in [2.24, 2.45) is 5.92 Å². The number of amides is 1. The first-order valence-corrected chi connectivity index (χ1v) is 13.2. The maximum absolute atomic E-state index is 13.8. The number of aromatic nitrogens is 1. The molecular formula is C27H31N3O4S. The van der Waals surface area contributed by atoms with Gasteiger partial charge in [0.25, 0.3) is 0 Å². The fraction of sp³-hybridized carbons (Fsp3) is 0.333. The average molecular weight is 494 g/mol. The van der Waals surface area contributed by atoms with Gasteiger partial charge in [-0.05, 0) is 66.8 Å². The van der Waals surface area contributed by atoms with Gasteiger partial charge in [0.2, 0.25) is 15.9 Å². The number of hydrogen-bond donors (Lipinski definition) is 0. The molecule has 0 N–H and O–H groups in total. The Morgan fingerprint density at radius 2 is 1.86 bits per heavy atom. The van der Waals surface area contributed by atoms with E-state index in [9.17, 15) is 13.2 Å². The van der Waals surface area contributed by atoms with E-state index in [4.69, 9.17) is 4.74 Å². The molecule has 184 valence electrons. The molecule has 4 rings (SSSR count). The Labute approximate surface area is 207 Å². The highest BCUT2D eigenvalue weighted by Crippen LogP contribution is 2.27. The predicted octanol–water partition coefficient (Wildman–Crippen LogP) is 4.03. The fourth-order valence-corrected chi connectivity index (χ4v) is 5.96. The molecule has 3 aromatic rings. The highest BCUT2D eigenvalue weighted by atomic mass is 32.2. The number of benzene rings is 2. The van der Waals surface area contributed by atoms with Crippen LogP contribution in [-0.2, 0) is 27.9 Å². The van der Waals surface area contributed by atoms with Gasteiger partial charge in [0.1, 0.15) is 5.75 Å². The Hall–Kier alpha value is -3.23. The number of carbonyl (C=O) groups excluding carboxylic acids is 1. The summed E-state index contributed by atoms with van der Waals surface area (Å²) in [6.07, 6.45) is 4.77. The van der Waals surface area contributed by atoms with Crippen LogP contribution in [0.2, 0.25) is 0 Å². The summed E-state index contributed by atoms with van der Waals surface area (Å²) in [6.45, 7) is 3.49. The second kappa shape index (κ2) is 11.0. The van der Waals surface area contributed by atoms with Crippen LogP contribution in [-0.4, -0.2) is 48.7 Å². The molecule has 1 aliphatic heterocycles. The van der Waals surface area contributed by atoms with Gasteiger partial charge in [-0.3, -0.25) is 9.78 Å². The number of ether oxygens (including phenoxy) is 1. The van der Waals surface area contributed by atoms with Crippen LogP contribution >= 0.6 is 0 Å². The molecule has 0 radical (unpaired) electrons. The second-order valence-electron chi connectivity index (χ2n) is 8.86. The minimum atomic E-state index is -3.71. The lowest BCUT2D eigenvalue weighted by Gasteiger charge is -2.34. The van der Waals surface area contributed by atoms with Gasteiger partial charge in [-0.2, -0.15) is 4.31 Å². The van der Waals surface area contributed by atoms with Crippen molar-refractivity contribution < 1.29 is 17.9 Å². The van der Waals surface area contributed by atoms with Gasteiger partial charge in [-0.1, -0.05) is 30.3 Å². The van der Waals surface area contributed by atoms with Gasteiger partial charge in [0.15, 0.2) is 0 Å². The minimum absolute atomic E-state index is 0.0354. The van der Waals surface area contributed by atoms with E-state index >= 15 is 0 Å². The molecule has 0 spiro atoms. The number of hydrogen-bond acceptors (Lipinski definition) is 5. The van der Waals surface area contributed by atoms with E-state index in [1.807, 2.05) is 48.2 Å². The number of piperidine rings is 1. The van der Waals surface area contributed by atoms with Crippen LogP contribution in [0.4, 0.5) is 0 Å². The van der Waals surface area contributed by atoms with Gasteiger partial charge < -0.3 is 9.64 Å². The Kier molecular flexibility index (Phi) is 7.83. The van der Waals surface area contributed by atoms with Gasteiger partial charge in [-0.25, -0.2) is 8.42 Å². The fourth-order valence-electron chi connectivity index (χ4n) is 4.43. The number of sulfonamides is 1. The summed E-state index contributed by atoms with van der Waals surface area (Å²) in [5.74, 6) is 0.155. The van der Waals surface area contributed by atoms with Crippen LogP contribution in [0, 0.1) is 12.8 Å².